The summed E-state index contributed by atoms with van der Waals surface area (Å²) < 4.78 is 0. The minimum Gasteiger partial charge on any atom is -0.481 e. The van der Waals surface area contributed by atoms with Crippen LogP contribution in [-0.2, 0) is 4.79 Å². The highest BCUT2D eigenvalue weighted by Crippen LogP contribution is 2.10. The first-order valence-electron chi connectivity index (χ1n) is 9.07. The zero-order valence-electron chi connectivity index (χ0n) is 14.4. The molecule has 126 valence electrons. The molecular weight excluding hydrogens is 262 g/mol. The Morgan fingerprint density at radius 2 is 1.33 bits per heavy atom. The van der Waals surface area contributed by atoms with Crippen molar-refractivity contribution in [3.63, 3.8) is 0 Å². The monoisotopic (exact) mass is 299 g/mol. The zero-order chi connectivity index (χ0) is 15.8. The van der Waals surface area contributed by atoms with Gasteiger partial charge in [-0.15, -0.1) is 0 Å². The highest BCUT2D eigenvalue weighted by atomic mass is 16.4. The number of piperidine rings is 1. The maximum absolute atomic E-state index is 10.2. The normalized spacial score (nSPS) is 15.3. The van der Waals surface area contributed by atoms with Crippen molar-refractivity contribution < 1.29 is 9.90 Å². The minimum atomic E-state index is -0.659. The van der Waals surface area contributed by atoms with Crippen molar-refractivity contribution >= 4 is 5.97 Å². The molecule has 1 aliphatic heterocycles. The molecule has 0 atom stereocenters. The third-order valence-electron chi connectivity index (χ3n) is 4.07. The maximum Gasteiger partial charge on any atom is 0.303 e. The highest BCUT2D eigenvalue weighted by Gasteiger charge is 2.02. The lowest BCUT2D eigenvalue weighted by atomic mass is 10.1. The van der Waals surface area contributed by atoms with E-state index < -0.39 is 5.97 Å². The molecule has 0 radical (unpaired) electrons. The molecule has 0 saturated carbocycles. The third kappa shape index (κ3) is 17.4. The van der Waals surface area contributed by atoms with E-state index in [-0.39, 0.29) is 0 Å². The lowest BCUT2D eigenvalue weighted by molar-refractivity contribution is -0.137. The van der Waals surface area contributed by atoms with Crippen LogP contribution in [0.5, 0.6) is 0 Å². The Balaban J connectivity index is 0.000000471. The molecule has 0 aromatic rings. The summed E-state index contributed by atoms with van der Waals surface area (Å²) in [5.74, 6) is -0.659. The molecule has 0 unspecified atom stereocenters. The summed E-state index contributed by atoms with van der Waals surface area (Å²) in [7, 11) is 2.19. The molecule has 0 spiro atoms. The van der Waals surface area contributed by atoms with Gasteiger partial charge < -0.3 is 10.0 Å². The van der Waals surface area contributed by atoms with E-state index in [9.17, 15) is 4.79 Å². The minimum absolute atomic E-state index is 0.343. The van der Waals surface area contributed by atoms with Gasteiger partial charge in [0.05, 0.1) is 0 Å². The van der Waals surface area contributed by atoms with E-state index in [1.54, 1.807) is 0 Å². The van der Waals surface area contributed by atoms with E-state index in [1.807, 2.05) is 0 Å². The molecule has 0 bridgehead atoms. The van der Waals surface area contributed by atoms with Gasteiger partial charge in [-0.3, -0.25) is 4.79 Å². The van der Waals surface area contributed by atoms with Crippen molar-refractivity contribution in [1.82, 2.24) is 4.90 Å². The smallest absolute Gasteiger partial charge is 0.303 e. The van der Waals surface area contributed by atoms with E-state index in [2.05, 4.69) is 18.9 Å². The Hall–Kier alpha value is -0.570. The Kier molecular flexibility index (Phi) is 15.4. The summed E-state index contributed by atoms with van der Waals surface area (Å²) >= 11 is 0. The number of hydrogen-bond acceptors (Lipinski definition) is 2. The first-order valence-corrected chi connectivity index (χ1v) is 9.07. The van der Waals surface area contributed by atoms with Crippen molar-refractivity contribution in [1.29, 1.82) is 0 Å². The largest absolute Gasteiger partial charge is 0.481 e. The van der Waals surface area contributed by atoms with Crippen LogP contribution in [0.4, 0.5) is 0 Å². The fourth-order valence-electron chi connectivity index (χ4n) is 2.64. The fourth-order valence-corrected chi connectivity index (χ4v) is 2.64. The van der Waals surface area contributed by atoms with Gasteiger partial charge in [-0.25, -0.2) is 0 Å². The summed E-state index contributed by atoms with van der Waals surface area (Å²) in [4.78, 5) is 12.6. The number of likely N-dealkylation sites (tertiary alicyclic amines) is 1. The molecule has 0 aromatic heterocycles. The second-order valence-corrected chi connectivity index (χ2v) is 6.34. The van der Waals surface area contributed by atoms with Gasteiger partial charge in [-0.2, -0.15) is 0 Å². The SMILES string of the molecule is CCCCCCCCCCCC(=O)O.CN1CCCCC1. The molecule has 1 fully saturated rings. The van der Waals surface area contributed by atoms with Gasteiger partial charge in [0.1, 0.15) is 0 Å². The molecule has 1 heterocycles. The Morgan fingerprint density at radius 3 is 1.71 bits per heavy atom. The molecule has 0 aromatic carbocycles. The molecular formula is C18H37NO2. The van der Waals surface area contributed by atoms with Gasteiger partial charge in [0.15, 0.2) is 0 Å². The molecule has 1 saturated heterocycles. The number of carboxylic acids is 1. The van der Waals surface area contributed by atoms with Crippen molar-refractivity contribution in [3.05, 3.63) is 0 Å². The number of hydrogen-bond donors (Lipinski definition) is 1. The summed E-state index contributed by atoms with van der Waals surface area (Å²) in [6.45, 7) is 4.87. The summed E-state index contributed by atoms with van der Waals surface area (Å²) in [6, 6.07) is 0. The molecule has 1 N–H and O–H groups in total. The van der Waals surface area contributed by atoms with Crippen LogP contribution in [-0.4, -0.2) is 36.1 Å². The highest BCUT2D eigenvalue weighted by molar-refractivity contribution is 5.66. The molecule has 0 amide bonds. The molecule has 1 rings (SSSR count). The van der Waals surface area contributed by atoms with Crippen LogP contribution in [0.2, 0.25) is 0 Å². The average molecular weight is 299 g/mol. The van der Waals surface area contributed by atoms with Crippen LogP contribution in [0.1, 0.15) is 90.4 Å². The van der Waals surface area contributed by atoms with E-state index in [4.69, 9.17) is 5.11 Å². The lowest BCUT2D eigenvalue weighted by Crippen LogP contribution is -2.24. The molecule has 3 nitrogen and oxygen atoms in total. The van der Waals surface area contributed by atoms with Crippen LogP contribution in [0, 0.1) is 0 Å². The van der Waals surface area contributed by atoms with Gasteiger partial charge in [0.25, 0.3) is 0 Å². The number of aliphatic carboxylic acids is 1. The quantitative estimate of drug-likeness (QED) is 0.571. The topological polar surface area (TPSA) is 40.5 Å². The van der Waals surface area contributed by atoms with Crippen molar-refractivity contribution in [2.45, 2.75) is 90.4 Å². The Labute approximate surface area is 132 Å². The van der Waals surface area contributed by atoms with Crippen LogP contribution >= 0.6 is 0 Å². The fraction of sp³-hybridized carbons (Fsp3) is 0.944. The molecule has 1 aliphatic rings. The van der Waals surface area contributed by atoms with Crippen molar-refractivity contribution in [3.8, 4) is 0 Å². The second-order valence-electron chi connectivity index (χ2n) is 6.34. The lowest BCUT2D eigenvalue weighted by Gasteiger charge is -2.20. The van der Waals surface area contributed by atoms with Gasteiger partial charge in [-0.1, -0.05) is 64.7 Å². The van der Waals surface area contributed by atoms with Crippen LogP contribution in [0.15, 0.2) is 0 Å². The number of unbranched alkanes of at least 4 members (excludes halogenated alkanes) is 8. The van der Waals surface area contributed by atoms with Gasteiger partial charge in [-0.05, 0) is 39.4 Å². The predicted octanol–water partition coefficient (Wildman–Crippen LogP) is 5.09. The number of rotatable bonds is 10. The summed E-state index contributed by atoms with van der Waals surface area (Å²) in [5.41, 5.74) is 0. The van der Waals surface area contributed by atoms with Crippen molar-refractivity contribution in [2.24, 2.45) is 0 Å². The van der Waals surface area contributed by atoms with Crippen LogP contribution in [0.25, 0.3) is 0 Å². The van der Waals surface area contributed by atoms with E-state index in [0.29, 0.717) is 6.42 Å². The average Bonchev–Trinajstić information content (AvgIpc) is 2.47. The second kappa shape index (κ2) is 15.8. The van der Waals surface area contributed by atoms with E-state index in [1.165, 1.54) is 77.3 Å². The number of nitrogens with zero attached hydrogens (tertiary/aromatic N) is 1. The molecule has 3 heteroatoms. The Morgan fingerprint density at radius 1 is 0.857 bits per heavy atom. The first-order chi connectivity index (χ1) is 10.2. The van der Waals surface area contributed by atoms with Gasteiger partial charge in [0, 0.05) is 6.42 Å². The standard InChI is InChI=1S/C12H24O2.C6H13N/c1-2-3-4-5-6-7-8-9-10-11-12(13)14;1-7-5-3-2-4-6-7/h2-11H2,1H3,(H,13,14);2-6H2,1H3. The number of carboxylic acid groups (broad SMARTS) is 1. The van der Waals surface area contributed by atoms with E-state index >= 15 is 0 Å². The van der Waals surface area contributed by atoms with Gasteiger partial charge >= 0.3 is 5.97 Å². The van der Waals surface area contributed by atoms with Crippen LogP contribution in [0.3, 0.4) is 0 Å². The third-order valence-corrected chi connectivity index (χ3v) is 4.07. The summed E-state index contributed by atoms with van der Waals surface area (Å²) in [6.07, 6.45) is 15.8. The zero-order valence-corrected chi connectivity index (χ0v) is 14.4. The molecule has 21 heavy (non-hydrogen) atoms. The predicted molar refractivity (Wildman–Crippen MR) is 90.8 cm³/mol. The van der Waals surface area contributed by atoms with Gasteiger partial charge in [0.2, 0.25) is 0 Å². The van der Waals surface area contributed by atoms with Crippen molar-refractivity contribution in [2.75, 3.05) is 20.1 Å². The number of carbonyl (C=O) groups is 1. The van der Waals surface area contributed by atoms with E-state index in [0.717, 1.165) is 12.8 Å². The van der Waals surface area contributed by atoms with Crippen LogP contribution < -0.4 is 0 Å². The Bertz CT molecular complexity index is 225. The summed E-state index contributed by atoms with van der Waals surface area (Å²) in [5, 5.41) is 8.41. The maximum atomic E-state index is 10.2. The first kappa shape index (κ1) is 20.4. The molecule has 0 aliphatic carbocycles.